The lowest BCUT2D eigenvalue weighted by molar-refractivity contribution is -0.119. The van der Waals surface area contributed by atoms with Gasteiger partial charge in [-0.05, 0) is 74.2 Å². The average Bonchev–Trinajstić information content (AvgIpc) is 3.24. The average molecular weight is 524 g/mol. The molecule has 0 atom stereocenters. The Morgan fingerprint density at radius 2 is 1.59 bits per heavy atom. The third-order valence-corrected chi connectivity index (χ3v) is 7.23. The molecule has 0 spiro atoms. The fraction of sp³-hybridized carbons (Fsp3) is 0.250. The van der Waals surface area contributed by atoms with Gasteiger partial charge in [0.25, 0.3) is 0 Å². The summed E-state index contributed by atoms with van der Waals surface area (Å²) in [4.78, 5) is 31.1. The maximum absolute atomic E-state index is 14.6. The summed E-state index contributed by atoms with van der Waals surface area (Å²) >= 11 is 6.12. The first-order chi connectivity index (χ1) is 17.7. The third kappa shape index (κ3) is 4.35. The number of nitrogens with zero attached hydrogens (tertiary/aromatic N) is 3. The van der Waals surface area contributed by atoms with E-state index in [4.69, 9.17) is 16.6 Å². The zero-order valence-corrected chi connectivity index (χ0v) is 20.8. The van der Waals surface area contributed by atoms with Gasteiger partial charge in [0.2, 0.25) is 5.91 Å². The molecule has 1 heterocycles. The number of fused-ring (bicyclic) bond motifs is 1. The highest BCUT2D eigenvalue weighted by molar-refractivity contribution is 6.30. The van der Waals surface area contributed by atoms with Gasteiger partial charge >= 0.3 is 5.97 Å². The molecule has 3 aromatic carbocycles. The molecule has 1 amide bonds. The first-order valence-corrected chi connectivity index (χ1v) is 12.4. The number of carbonyl (C=O) groups is 2. The van der Waals surface area contributed by atoms with Crippen molar-refractivity contribution in [3.05, 3.63) is 82.9 Å². The van der Waals surface area contributed by atoms with E-state index in [0.29, 0.717) is 40.5 Å². The van der Waals surface area contributed by atoms with Crippen molar-refractivity contribution >= 4 is 40.2 Å². The standard InChI is InChI=1S/C28H24ClF2N3O3/c1-17(35)33(21-11-7-19(8-12-21)27(36)37)28(13-3-2-4-14-28)34-25-16-23(31)22(30)15-24(25)32-26(34)18-5-9-20(29)10-6-18/h5-12,15-16H,2-4,13-14H2,1H3,(H,36,37). The second-order valence-electron chi connectivity index (χ2n) is 9.28. The van der Waals surface area contributed by atoms with Crippen LogP contribution in [0.3, 0.4) is 0 Å². The van der Waals surface area contributed by atoms with Gasteiger partial charge in [0.05, 0.1) is 16.6 Å². The summed E-state index contributed by atoms with van der Waals surface area (Å²) in [7, 11) is 0. The van der Waals surface area contributed by atoms with Crippen LogP contribution in [-0.2, 0) is 10.5 Å². The number of hydrogen-bond donors (Lipinski definition) is 1. The van der Waals surface area contributed by atoms with Crippen LogP contribution in [0.2, 0.25) is 5.02 Å². The molecule has 190 valence electrons. The Kier molecular flexibility index (Phi) is 6.45. The summed E-state index contributed by atoms with van der Waals surface area (Å²) < 4.78 is 30.7. The second kappa shape index (κ2) is 9.59. The Balaban J connectivity index is 1.82. The molecule has 5 rings (SSSR count). The quantitative estimate of drug-likeness (QED) is 0.305. The van der Waals surface area contributed by atoms with Crippen molar-refractivity contribution in [1.29, 1.82) is 0 Å². The van der Waals surface area contributed by atoms with Gasteiger partial charge in [0.1, 0.15) is 11.5 Å². The van der Waals surface area contributed by atoms with Crippen LogP contribution in [0.1, 0.15) is 49.4 Å². The predicted octanol–water partition coefficient (Wildman–Crippen LogP) is 7.00. The normalized spacial score (nSPS) is 15.0. The van der Waals surface area contributed by atoms with Crippen molar-refractivity contribution in [3.8, 4) is 11.4 Å². The Morgan fingerprint density at radius 3 is 2.19 bits per heavy atom. The van der Waals surface area contributed by atoms with Crippen LogP contribution in [0.4, 0.5) is 14.5 Å². The highest BCUT2D eigenvalue weighted by Crippen LogP contribution is 2.45. The maximum Gasteiger partial charge on any atom is 0.335 e. The summed E-state index contributed by atoms with van der Waals surface area (Å²) in [5.41, 5.74) is 0.903. The summed E-state index contributed by atoms with van der Waals surface area (Å²) in [5.74, 6) is -2.91. The molecule has 1 N–H and O–H groups in total. The lowest BCUT2D eigenvalue weighted by Crippen LogP contribution is -2.54. The van der Waals surface area contributed by atoms with E-state index in [-0.39, 0.29) is 17.0 Å². The van der Waals surface area contributed by atoms with Crippen LogP contribution < -0.4 is 4.90 Å². The molecule has 0 radical (unpaired) electrons. The summed E-state index contributed by atoms with van der Waals surface area (Å²) in [6, 6.07) is 15.3. The number of anilines is 1. The molecule has 1 aromatic heterocycles. The van der Waals surface area contributed by atoms with Crippen molar-refractivity contribution in [2.24, 2.45) is 0 Å². The largest absolute Gasteiger partial charge is 0.478 e. The highest BCUT2D eigenvalue weighted by atomic mass is 35.5. The summed E-state index contributed by atoms with van der Waals surface area (Å²) in [6.07, 6.45) is 3.62. The van der Waals surface area contributed by atoms with E-state index < -0.39 is 23.3 Å². The number of amides is 1. The number of aromatic carboxylic acids is 1. The maximum atomic E-state index is 14.6. The first-order valence-electron chi connectivity index (χ1n) is 12.0. The van der Waals surface area contributed by atoms with Crippen LogP contribution in [0, 0.1) is 11.6 Å². The van der Waals surface area contributed by atoms with Gasteiger partial charge in [0, 0.05) is 35.3 Å². The monoisotopic (exact) mass is 523 g/mol. The van der Waals surface area contributed by atoms with E-state index in [1.165, 1.54) is 19.1 Å². The third-order valence-electron chi connectivity index (χ3n) is 6.97. The van der Waals surface area contributed by atoms with Crippen LogP contribution >= 0.6 is 11.6 Å². The van der Waals surface area contributed by atoms with E-state index in [1.54, 1.807) is 41.3 Å². The fourth-order valence-corrected chi connectivity index (χ4v) is 5.55. The first kappa shape index (κ1) is 24.9. The molecule has 37 heavy (non-hydrogen) atoms. The van der Waals surface area contributed by atoms with E-state index in [9.17, 15) is 23.5 Å². The van der Waals surface area contributed by atoms with E-state index in [2.05, 4.69) is 0 Å². The minimum atomic E-state index is -1.07. The lowest BCUT2D eigenvalue weighted by atomic mass is 9.85. The highest BCUT2D eigenvalue weighted by Gasteiger charge is 2.45. The number of carboxylic acids is 1. The molecular formula is C28H24ClF2N3O3. The number of carbonyl (C=O) groups excluding carboxylic acids is 1. The molecule has 6 nitrogen and oxygen atoms in total. The smallest absolute Gasteiger partial charge is 0.335 e. The number of halogens is 3. The van der Waals surface area contributed by atoms with Crippen molar-refractivity contribution in [3.63, 3.8) is 0 Å². The Hall–Kier alpha value is -3.78. The van der Waals surface area contributed by atoms with Crippen LogP contribution in [0.15, 0.2) is 60.7 Å². The molecule has 0 aliphatic heterocycles. The summed E-state index contributed by atoms with van der Waals surface area (Å²) in [6.45, 7) is 1.45. The minimum absolute atomic E-state index is 0.0948. The number of imidazole rings is 1. The number of hydrogen-bond acceptors (Lipinski definition) is 3. The van der Waals surface area contributed by atoms with Crippen molar-refractivity contribution in [2.75, 3.05) is 4.90 Å². The Morgan fingerprint density at radius 1 is 0.973 bits per heavy atom. The van der Waals surface area contributed by atoms with Gasteiger partial charge in [-0.2, -0.15) is 0 Å². The predicted molar refractivity (Wildman–Crippen MR) is 138 cm³/mol. The van der Waals surface area contributed by atoms with E-state index in [0.717, 1.165) is 31.4 Å². The second-order valence-corrected chi connectivity index (χ2v) is 9.72. The van der Waals surface area contributed by atoms with Gasteiger partial charge in [-0.25, -0.2) is 18.6 Å². The van der Waals surface area contributed by atoms with Gasteiger partial charge in [-0.3, -0.25) is 14.3 Å². The van der Waals surface area contributed by atoms with Crippen molar-refractivity contribution in [2.45, 2.75) is 44.7 Å². The van der Waals surface area contributed by atoms with Crippen molar-refractivity contribution in [1.82, 2.24) is 9.55 Å². The SMILES string of the molecule is CC(=O)N(c1ccc(C(=O)O)cc1)C1(n2c(-c3ccc(Cl)cc3)nc3cc(F)c(F)cc32)CCCCC1. The van der Waals surface area contributed by atoms with E-state index in [1.807, 2.05) is 4.57 Å². The molecule has 0 saturated heterocycles. The molecule has 1 fully saturated rings. The van der Waals surface area contributed by atoms with Crippen LogP contribution in [0.5, 0.6) is 0 Å². The molecule has 0 bridgehead atoms. The molecular weight excluding hydrogens is 500 g/mol. The number of rotatable bonds is 5. The number of benzene rings is 3. The lowest BCUT2D eigenvalue weighted by Gasteiger charge is -2.48. The fourth-order valence-electron chi connectivity index (χ4n) is 5.42. The Labute approximate surface area is 217 Å². The topological polar surface area (TPSA) is 75.4 Å². The van der Waals surface area contributed by atoms with Gasteiger partial charge < -0.3 is 5.11 Å². The van der Waals surface area contributed by atoms with Gasteiger partial charge in [-0.1, -0.05) is 18.0 Å². The summed E-state index contributed by atoms with van der Waals surface area (Å²) in [5, 5.41) is 9.88. The minimum Gasteiger partial charge on any atom is -0.478 e. The van der Waals surface area contributed by atoms with Crippen LogP contribution in [0.25, 0.3) is 22.4 Å². The van der Waals surface area contributed by atoms with Gasteiger partial charge in [0.15, 0.2) is 11.6 Å². The van der Waals surface area contributed by atoms with Gasteiger partial charge in [-0.15, -0.1) is 0 Å². The molecule has 1 saturated carbocycles. The molecule has 1 aliphatic rings. The number of aromatic nitrogens is 2. The zero-order valence-electron chi connectivity index (χ0n) is 20.0. The van der Waals surface area contributed by atoms with Crippen molar-refractivity contribution < 1.29 is 23.5 Å². The number of carboxylic acid groups (broad SMARTS) is 1. The van der Waals surface area contributed by atoms with Crippen LogP contribution in [-0.4, -0.2) is 26.5 Å². The molecule has 9 heteroatoms. The molecule has 1 aliphatic carbocycles. The molecule has 4 aromatic rings. The molecule has 0 unspecified atom stereocenters. The zero-order chi connectivity index (χ0) is 26.3. The Bertz CT molecular complexity index is 1490. The van der Waals surface area contributed by atoms with E-state index >= 15 is 0 Å².